The number of halogens is 1. The smallest absolute Gasteiger partial charge is 0.243 e. The van der Waals surface area contributed by atoms with Crippen LogP contribution in [0.4, 0.5) is 4.39 Å². The summed E-state index contributed by atoms with van der Waals surface area (Å²) in [5.74, 6) is 0.265. The molecule has 9 heteroatoms. The molecule has 0 atom stereocenters. The third-order valence-corrected chi connectivity index (χ3v) is 8.83. The van der Waals surface area contributed by atoms with Crippen molar-refractivity contribution in [2.45, 2.75) is 18.0 Å². The lowest BCUT2D eigenvalue weighted by molar-refractivity contribution is 0.159. The molecule has 0 spiro atoms. The van der Waals surface area contributed by atoms with Gasteiger partial charge in [0.25, 0.3) is 0 Å². The molecule has 0 radical (unpaired) electrons. The number of rotatable bonds is 10. The molecule has 1 aromatic heterocycles. The van der Waals surface area contributed by atoms with Gasteiger partial charge in [-0.15, -0.1) is 0 Å². The van der Waals surface area contributed by atoms with Gasteiger partial charge in [-0.3, -0.25) is 14.8 Å². The molecule has 1 saturated heterocycles. The van der Waals surface area contributed by atoms with E-state index in [4.69, 9.17) is 4.74 Å². The predicted molar refractivity (Wildman–Crippen MR) is 150 cm³/mol. The number of nitrogens with zero attached hydrogens (tertiary/aromatic N) is 4. The van der Waals surface area contributed by atoms with E-state index >= 15 is 0 Å². The Bertz CT molecular complexity index is 1510. The van der Waals surface area contributed by atoms with Crippen molar-refractivity contribution in [1.29, 1.82) is 0 Å². The van der Waals surface area contributed by atoms with Gasteiger partial charge in [0.15, 0.2) is 0 Å². The van der Waals surface area contributed by atoms with E-state index in [1.165, 1.54) is 33.6 Å². The first-order valence-electron chi connectivity index (χ1n) is 13.1. The Kier molecular flexibility index (Phi) is 8.52. The molecule has 1 aliphatic rings. The number of hydrogen-bond donors (Lipinski definition) is 0. The van der Waals surface area contributed by atoms with Gasteiger partial charge in [-0.05, 0) is 66.7 Å². The average Bonchev–Trinajstić information content (AvgIpc) is 2.94. The van der Waals surface area contributed by atoms with Crippen LogP contribution in [0.1, 0.15) is 11.1 Å². The second-order valence-corrected chi connectivity index (χ2v) is 11.8. The molecule has 204 valence electrons. The van der Waals surface area contributed by atoms with Gasteiger partial charge in [-0.1, -0.05) is 30.3 Å². The maximum absolute atomic E-state index is 13.5. The van der Waals surface area contributed by atoms with E-state index in [-0.39, 0.29) is 4.90 Å². The minimum absolute atomic E-state index is 0.000150. The highest BCUT2D eigenvalue weighted by Gasteiger charge is 2.28. The fourth-order valence-corrected chi connectivity index (χ4v) is 6.31. The third-order valence-electron chi connectivity index (χ3n) is 6.94. The Morgan fingerprint density at radius 3 is 2.41 bits per heavy atom. The van der Waals surface area contributed by atoms with Crippen molar-refractivity contribution in [3.63, 3.8) is 0 Å². The SMILES string of the molecule is CN(Cc1ccc(OCCN2CCN(S(=O)(=O)c3cccc(F)c3)CC2)cc1)Cc1ccc2ncccc2c1. The first-order valence-corrected chi connectivity index (χ1v) is 14.5. The number of fused-ring (bicyclic) bond motifs is 1. The van der Waals surface area contributed by atoms with Gasteiger partial charge >= 0.3 is 0 Å². The minimum atomic E-state index is -3.68. The second kappa shape index (κ2) is 12.2. The molecule has 5 rings (SSSR count). The monoisotopic (exact) mass is 548 g/mol. The number of hydrogen-bond acceptors (Lipinski definition) is 6. The molecule has 3 aromatic carbocycles. The fraction of sp³-hybridized carbons (Fsp3) is 0.300. The number of benzene rings is 3. The number of sulfonamides is 1. The van der Waals surface area contributed by atoms with Crippen molar-refractivity contribution in [1.82, 2.24) is 19.1 Å². The average molecular weight is 549 g/mol. The maximum Gasteiger partial charge on any atom is 0.243 e. The van der Waals surface area contributed by atoms with Crippen LogP contribution in [0.5, 0.6) is 5.75 Å². The lowest BCUT2D eigenvalue weighted by Crippen LogP contribution is -2.49. The van der Waals surface area contributed by atoms with Gasteiger partial charge in [0, 0.05) is 57.4 Å². The van der Waals surface area contributed by atoms with Gasteiger partial charge in [0.2, 0.25) is 10.0 Å². The molecule has 1 aliphatic heterocycles. The van der Waals surface area contributed by atoms with E-state index in [1.807, 2.05) is 24.4 Å². The molecule has 1 fully saturated rings. The van der Waals surface area contributed by atoms with Crippen molar-refractivity contribution in [3.8, 4) is 5.75 Å². The summed E-state index contributed by atoms with van der Waals surface area (Å²) >= 11 is 0. The van der Waals surface area contributed by atoms with Crippen LogP contribution in [-0.4, -0.2) is 73.9 Å². The fourth-order valence-electron chi connectivity index (χ4n) is 4.86. The van der Waals surface area contributed by atoms with Gasteiger partial charge in [-0.2, -0.15) is 4.31 Å². The van der Waals surface area contributed by atoms with Crippen LogP contribution in [0.25, 0.3) is 10.9 Å². The zero-order chi connectivity index (χ0) is 27.2. The first kappa shape index (κ1) is 27.2. The quantitative estimate of drug-likeness (QED) is 0.293. The summed E-state index contributed by atoms with van der Waals surface area (Å²) in [7, 11) is -1.57. The third kappa shape index (κ3) is 6.99. The highest BCUT2D eigenvalue weighted by Crippen LogP contribution is 2.20. The van der Waals surface area contributed by atoms with E-state index in [0.717, 1.165) is 35.8 Å². The Labute approximate surface area is 229 Å². The van der Waals surface area contributed by atoms with Crippen LogP contribution in [0.15, 0.2) is 90.0 Å². The molecule has 0 N–H and O–H groups in total. The maximum atomic E-state index is 13.5. The lowest BCUT2D eigenvalue weighted by Gasteiger charge is -2.33. The molecular weight excluding hydrogens is 515 g/mol. The Balaban J connectivity index is 1.04. The molecule has 2 heterocycles. The van der Waals surface area contributed by atoms with Gasteiger partial charge in [0.1, 0.15) is 18.2 Å². The Hall–Kier alpha value is -3.37. The highest BCUT2D eigenvalue weighted by atomic mass is 32.2. The summed E-state index contributed by atoms with van der Waals surface area (Å²) in [6.07, 6.45) is 1.81. The predicted octanol–water partition coefficient (Wildman–Crippen LogP) is 4.39. The van der Waals surface area contributed by atoms with Gasteiger partial charge in [-0.25, -0.2) is 12.8 Å². The molecule has 0 unspecified atom stereocenters. The van der Waals surface area contributed by atoms with E-state index in [1.54, 1.807) is 0 Å². The van der Waals surface area contributed by atoms with Crippen molar-refractivity contribution in [2.75, 3.05) is 46.4 Å². The van der Waals surface area contributed by atoms with E-state index in [0.29, 0.717) is 39.3 Å². The summed E-state index contributed by atoms with van der Waals surface area (Å²) in [5.41, 5.74) is 3.48. The molecule has 39 heavy (non-hydrogen) atoms. The zero-order valence-corrected chi connectivity index (χ0v) is 22.9. The van der Waals surface area contributed by atoms with Gasteiger partial charge in [0.05, 0.1) is 10.4 Å². The number of aromatic nitrogens is 1. The van der Waals surface area contributed by atoms with Crippen LogP contribution in [0.3, 0.4) is 0 Å². The van der Waals surface area contributed by atoms with E-state index < -0.39 is 15.8 Å². The molecule has 0 bridgehead atoms. The minimum Gasteiger partial charge on any atom is -0.492 e. The molecule has 0 saturated carbocycles. The summed E-state index contributed by atoms with van der Waals surface area (Å²) in [6, 6.07) is 23.8. The van der Waals surface area contributed by atoms with Crippen LogP contribution in [0.2, 0.25) is 0 Å². The number of piperazine rings is 1. The lowest BCUT2D eigenvalue weighted by atomic mass is 10.1. The first-order chi connectivity index (χ1) is 18.9. The Morgan fingerprint density at radius 2 is 1.64 bits per heavy atom. The summed E-state index contributed by atoms with van der Waals surface area (Å²) in [6.45, 7) is 4.86. The number of ether oxygens (including phenoxy) is 1. The van der Waals surface area contributed by atoms with Crippen LogP contribution in [-0.2, 0) is 23.1 Å². The van der Waals surface area contributed by atoms with E-state index in [2.05, 4.69) is 58.2 Å². The zero-order valence-electron chi connectivity index (χ0n) is 22.0. The van der Waals surface area contributed by atoms with Crippen molar-refractivity contribution < 1.29 is 17.5 Å². The normalized spacial score (nSPS) is 15.2. The van der Waals surface area contributed by atoms with E-state index in [9.17, 15) is 12.8 Å². The second-order valence-electron chi connectivity index (χ2n) is 9.90. The Morgan fingerprint density at radius 1 is 0.897 bits per heavy atom. The number of pyridine rings is 1. The summed E-state index contributed by atoms with van der Waals surface area (Å²) in [5, 5.41) is 1.15. The molecule has 4 aromatic rings. The van der Waals surface area contributed by atoms with Crippen molar-refractivity contribution in [2.24, 2.45) is 0 Å². The summed E-state index contributed by atoms with van der Waals surface area (Å²) < 4.78 is 46.4. The molecule has 0 aliphatic carbocycles. The van der Waals surface area contributed by atoms with Crippen LogP contribution < -0.4 is 4.74 Å². The molecular formula is C30H33FN4O3S. The summed E-state index contributed by atoms with van der Waals surface area (Å²) in [4.78, 5) is 8.85. The standard InChI is InChI=1S/C30H33FN4O3S/c1-33(23-25-9-12-30-26(20-25)4-3-13-32-30)22-24-7-10-28(11-8-24)38-19-18-34-14-16-35(17-15-34)39(36,37)29-6-2-5-27(31)21-29/h2-13,20-21H,14-19,22-23H2,1H3. The van der Waals surface area contributed by atoms with Gasteiger partial charge < -0.3 is 4.74 Å². The largest absolute Gasteiger partial charge is 0.492 e. The highest BCUT2D eigenvalue weighted by molar-refractivity contribution is 7.89. The molecule has 7 nitrogen and oxygen atoms in total. The van der Waals surface area contributed by atoms with Crippen LogP contribution in [0, 0.1) is 5.82 Å². The van der Waals surface area contributed by atoms with Crippen molar-refractivity contribution >= 4 is 20.9 Å². The van der Waals surface area contributed by atoms with Crippen LogP contribution >= 0.6 is 0 Å². The topological polar surface area (TPSA) is 66.0 Å². The van der Waals surface area contributed by atoms with Crippen molar-refractivity contribution in [3.05, 3.63) is 102 Å². The molecule has 0 amide bonds.